The standard InChI is InChI=1S/C16H16BrFO2/c17-16-11-13(18)7-6-12(16)10-14(19)8-9-20-15-4-2-1-3-5-15/h1-7,11,14,19H,8-10H2. The second-order valence-corrected chi connectivity index (χ2v) is 5.40. The summed E-state index contributed by atoms with van der Waals surface area (Å²) in [6.07, 6.45) is 0.484. The summed E-state index contributed by atoms with van der Waals surface area (Å²) in [5.74, 6) is 0.505. The monoisotopic (exact) mass is 338 g/mol. The average Bonchev–Trinajstić information content (AvgIpc) is 2.43. The molecule has 0 bridgehead atoms. The molecule has 0 aliphatic heterocycles. The first-order valence-electron chi connectivity index (χ1n) is 6.45. The van der Waals surface area contributed by atoms with Gasteiger partial charge in [-0.2, -0.15) is 0 Å². The van der Waals surface area contributed by atoms with Crippen LogP contribution in [0.4, 0.5) is 4.39 Å². The van der Waals surface area contributed by atoms with Crippen molar-refractivity contribution in [2.75, 3.05) is 6.61 Å². The molecule has 0 saturated carbocycles. The van der Waals surface area contributed by atoms with Gasteiger partial charge in [0.1, 0.15) is 11.6 Å². The van der Waals surface area contributed by atoms with Gasteiger partial charge in [0.2, 0.25) is 0 Å². The molecule has 106 valence electrons. The van der Waals surface area contributed by atoms with Gasteiger partial charge in [-0.25, -0.2) is 4.39 Å². The molecule has 20 heavy (non-hydrogen) atoms. The molecule has 2 nitrogen and oxygen atoms in total. The van der Waals surface area contributed by atoms with Crippen molar-refractivity contribution in [1.29, 1.82) is 0 Å². The summed E-state index contributed by atoms with van der Waals surface area (Å²) in [5, 5.41) is 9.98. The molecular weight excluding hydrogens is 323 g/mol. The van der Waals surface area contributed by atoms with Gasteiger partial charge in [-0.15, -0.1) is 0 Å². The van der Waals surface area contributed by atoms with E-state index in [4.69, 9.17) is 4.74 Å². The first kappa shape index (κ1) is 15.0. The molecule has 0 saturated heterocycles. The van der Waals surface area contributed by atoms with Crippen LogP contribution >= 0.6 is 15.9 Å². The third-order valence-corrected chi connectivity index (χ3v) is 3.67. The molecule has 0 heterocycles. The number of aliphatic hydroxyl groups is 1. The van der Waals surface area contributed by atoms with E-state index in [1.165, 1.54) is 12.1 Å². The molecule has 0 fully saturated rings. The molecule has 0 aliphatic rings. The van der Waals surface area contributed by atoms with Crippen LogP contribution in [0, 0.1) is 5.82 Å². The minimum absolute atomic E-state index is 0.289. The highest BCUT2D eigenvalue weighted by atomic mass is 79.9. The molecule has 1 unspecified atom stereocenters. The molecule has 0 aromatic heterocycles. The first-order valence-corrected chi connectivity index (χ1v) is 7.24. The van der Waals surface area contributed by atoms with E-state index in [1.807, 2.05) is 30.3 Å². The summed E-state index contributed by atoms with van der Waals surface area (Å²) < 4.78 is 19.2. The van der Waals surface area contributed by atoms with Gasteiger partial charge in [-0.3, -0.25) is 0 Å². The van der Waals surface area contributed by atoms with Crippen LogP contribution in [0.5, 0.6) is 5.75 Å². The van der Waals surface area contributed by atoms with E-state index in [0.717, 1.165) is 11.3 Å². The van der Waals surface area contributed by atoms with Crippen molar-refractivity contribution in [3.8, 4) is 5.75 Å². The summed E-state index contributed by atoms with van der Waals surface area (Å²) in [6, 6.07) is 14.0. The van der Waals surface area contributed by atoms with Crippen molar-refractivity contribution < 1.29 is 14.2 Å². The maximum atomic E-state index is 13.0. The zero-order valence-corrected chi connectivity index (χ0v) is 12.5. The smallest absolute Gasteiger partial charge is 0.124 e. The summed E-state index contributed by atoms with van der Waals surface area (Å²) >= 11 is 3.30. The first-order chi connectivity index (χ1) is 9.65. The summed E-state index contributed by atoms with van der Waals surface area (Å²) in [5.41, 5.74) is 0.888. The maximum Gasteiger partial charge on any atom is 0.124 e. The van der Waals surface area contributed by atoms with Gasteiger partial charge >= 0.3 is 0 Å². The summed E-state index contributed by atoms with van der Waals surface area (Å²) in [7, 11) is 0. The van der Waals surface area contributed by atoms with E-state index >= 15 is 0 Å². The van der Waals surface area contributed by atoms with Crippen molar-refractivity contribution in [2.24, 2.45) is 0 Å². The zero-order valence-electron chi connectivity index (χ0n) is 10.9. The SMILES string of the molecule is OC(CCOc1ccccc1)Cc1ccc(F)cc1Br. The van der Waals surface area contributed by atoms with Crippen LogP contribution in [0.1, 0.15) is 12.0 Å². The van der Waals surface area contributed by atoms with Gasteiger partial charge in [-0.05, 0) is 36.2 Å². The van der Waals surface area contributed by atoms with Crippen LogP contribution in [0.2, 0.25) is 0 Å². The lowest BCUT2D eigenvalue weighted by Gasteiger charge is -2.13. The summed E-state index contributed by atoms with van der Waals surface area (Å²) in [4.78, 5) is 0. The molecular formula is C16H16BrFO2. The Labute approximate surface area is 126 Å². The third-order valence-electron chi connectivity index (χ3n) is 2.93. The Balaban J connectivity index is 1.79. The number of ether oxygens (including phenoxy) is 1. The Morgan fingerprint density at radius 2 is 1.90 bits per heavy atom. The maximum absolute atomic E-state index is 13.0. The van der Waals surface area contributed by atoms with E-state index in [2.05, 4.69) is 15.9 Å². The molecule has 1 atom stereocenters. The topological polar surface area (TPSA) is 29.5 Å². The van der Waals surface area contributed by atoms with Crippen molar-refractivity contribution in [3.05, 3.63) is 64.4 Å². The van der Waals surface area contributed by atoms with Crippen LogP contribution in [0.15, 0.2) is 53.0 Å². The van der Waals surface area contributed by atoms with E-state index in [0.29, 0.717) is 23.9 Å². The van der Waals surface area contributed by atoms with E-state index in [1.54, 1.807) is 6.07 Å². The molecule has 2 aromatic rings. The number of rotatable bonds is 6. The molecule has 4 heteroatoms. The largest absolute Gasteiger partial charge is 0.493 e. The Kier molecular flexibility index (Phi) is 5.56. The van der Waals surface area contributed by atoms with Crippen molar-refractivity contribution in [3.63, 3.8) is 0 Å². The predicted octanol–water partition coefficient (Wildman–Crippen LogP) is 3.96. The minimum Gasteiger partial charge on any atom is -0.493 e. The predicted molar refractivity (Wildman–Crippen MR) is 80.4 cm³/mol. The molecule has 0 radical (unpaired) electrons. The Morgan fingerprint density at radius 3 is 2.60 bits per heavy atom. The lowest BCUT2D eigenvalue weighted by atomic mass is 10.1. The van der Waals surface area contributed by atoms with Crippen LogP contribution in [0.3, 0.4) is 0 Å². The van der Waals surface area contributed by atoms with Gasteiger partial charge in [-0.1, -0.05) is 40.2 Å². The number of hydrogen-bond acceptors (Lipinski definition) is 2. The lowest BCUT2D eigenvalue weighted by molar-refractivity contribution is 0.139. The molecule has 2 rings (SSSR count). The van der Waals surface area contributed by atoms with Gasteiger partial charge in [0.05, 0.1) is 12.7 Å². The van der Waals surface area contributed by atoms with Gasteiger partial charge in [0, 0.05) is 10.9 Å². The Hall–Kier alpha value is -1.39. The zero-order chi connectivity index (χ0) is 14.4. The fraction of sp³-hybridized carbons (Fsp3) is 0.250. The van der Waals surface area contributed by atoms with E-state index in [9.17, 15) is 9.50 Å². The summed E-state index contributed by atoms with van der Waals surface area (Å²) in [6.45, 7) is 0.448. The highest BCUT2D eigenvalue weighted by Gasteiger charge is 2.09. The quantitative estimate of drug-likeness (QED) is 0.863. The second kappa shape index (κ2) is 7.41. The fourth-order valence-corrected chi connectivity index (χ4v) is 2.39. The van der Waals surface area contributed by atoms with Crippen molar-refractivity contribution >= 4 is 15.9 Å². The molecule has 2 aromatic carbocycles. The third kappa shape index (κ3) is 4.62. The minimum atomic E-state index is -0.513. The van der Waals surface area contributed by atoms with Crippen LogP contribution in [0.25, 0.3) is 0 Å². The lowest BCUT2D eigenvalue weighted by Crippen LogP contribution is -2.15. The Morgan fingerprint density at radius 1 is 1.15 bits per heavy atom. The van der Waals surface area contributed by atoms with Crippen LogP contribution < -0.4 is 4.74 Å². The number of aliphatic hydroxyl groups excluding tert-OH is 1. The van der Waals surface area contributed by atoms with E-state index < -0.39 is 6.10 Å². The number of benzene rings is 2. The highest BCUT2D eigenvalue weighted by molar-refractivity contribution is 9.10. The molecule has 0 amide bonds. The Bertz CT molecular complexity index is 545. The number of halogens is 2. The number of para-hydroxylation sites is 1. The highest BCUT2D eigenvalue weighted by Crippen LogP contribution is 2.20. The fourth-order valence-electron chi connectivity index (χ4n) is 1.87. The average molecular weight is 339 g/mol. The van der Waals surface area contributed by atoms with Crippen molar-refractivity contribution in [1.82, 2.24) is 0 Å². The van der Waals surface area contributed by atoms with Gasteiger partial charge < -0.3 is 9.84 Å². The normalized spacial score (nSPS) is 12.2. The van der Waals surface area contributed by atoms with Gasteiger partial charge in [0.25, 0.3) is 0 Å². The van der Waals surface area contributed by atoms with Gasteiger partial charge in [0.15, 0.2) is 0 Å². The van der Waals surface area contributed by atoms with E-state index in [-0.39, 0.29) is 5.82 Å². The molecule has 0 spiro atoms. The number of hydrogen-bond donors (Lipinski definition) is 1. The second-order valence-electron chi connectivity index (χ2n) is 4.54. The van der Waals surface area contributed by atoms with Crippen LogP contribution in [-0.2, 0) is 6.42 Å². The molecule has 1 N–H and O–H groups in total. The van der Waals surface area contributed by atoms with Crippen LogP contribution in [-0.4, -0.2) is 17.8 Å². The molecule has 0 aliphatic carbocycles. The van der Waals surface area contributed by atoms with Crippen molar-refractivity contribution in [2.45, 2.75) is 18.9 Å².